The Bertz CT molecular complexity index is 845. The average molecular weight is 421 g/mol. The molecule has 0 aromatic carbocycles. The molecule has 0 spiro atoms. The van der Waals surface area contributed by atoms with Crippen molar-refractivity contribution in [2.24, 2.45) is 0 Å². The topological polar surface area (TPSA) is 125 Å². The van der Waals surface area contributed by atoms with Gasteiger partial charge >= 0.3 is 12.2 Å². The zero-order chi connectivity index (χ0) is 20.7. The number of aromatic nitrogens is 3. The van der Waals surface area contributed by atoms with Crippen molar-refractivity contribution in [1.82, 2.24) is 19.7 Å². The third-order valence-corrected chi connectivity index (χ3v) is 3.84. The van der Waals surface area contributed by atoms with Crippen LogP contribution in [-0.4, -0.2) is 52.2 Å². The third kappa shape index (κ3) is 6.22. The molecule has 2 aromatic rings. The Labute approximate surface area is 159 Å². The van der Waals surface area contributed by atoms with E-state index in [-0.39, 0.29) is 17.7 Å². The molecule has 0 fully saturated rings. The van der Waals surface area contributed by atoms with E-state index in [0.717, 1.165) is 6.07 Å². The van der Waals surface area contributed by atoms with Crippen LogP contribution in [0.3, 0.4) is 0 Å². The average Bonchev–Trinajstić information content (AvgIpc) is 2.65. The Morgan fingerprint density at radius 1 is 1.21 bits per heavy atom. The number of hydrogen-bond acceptors (Lipinski definition) is 8. The van der Waals surface area contributed by atoms with E-state index in [9.17, 15) is 22.2 Å². The lowest BCUT2D eigenvalue weighted by molar-refractivity contribution is -0.153. The van der Waals surface area contributed by atoms with Crippen LogP contribution in [0, 0.1) is 0 Å². The highest BCUT2D eigenvalue weighted by molar-refractivity contribution is 7.83. The first-order valence-corrected chi connectivity index (χ1v) is 8.48. The van der Waals surface area contributed by atoms with Crippen LogP contribution in [0.2, 0.25) is 0 Å². The fourth-order valence-corrected chi connectivity index (χ4v) is 2.50. The number of pyridine rings is 1. The molecule has 0 radical (unpaired) electrons. The zero-order valence-electron chi connectivity index (χ0n) is 14.4. The summed E-state index contributed by atoms with van der Waals surface area (Å²) in [6, 6.07) is 2.78. The largest absolute Gasteiger partial charge is 0.481 e. The highest BCUT2D eigenvalue weighted by Gasteiger charge is 2.29. The van der Waals surface area contributed by atoms with Gasteiger partial charge in [-0.15, -0.1) is 0 Å². The lowest BCUT2D eigenvalue weighted by atomic mass is 10.4. The second-order valence-corrected chi connectivity index (χ2v) is 5.94. The monoisotopic (exact) mass is 421 g/mol. The van der Waals surface area contributed by atoms with E-state index in [1.165, 1.54) is 32.5 Å². The summed E-state index contributed by atoms with van der Waals surface area (Å²) in [7, 11) is 0.350. The van der Waals surface area contributed by atoms with E-state index in [2.05, 4.69) is 25.0 Å². The number of ether oxygens (including phenoxy) is 3. The SMILES string of the molecule is COc1cc(OC)nc(NC(=O)NS(=O)c2ncccc2OCC(F)(F)F)n1. The van der Waals surface area contributed by atoms with E-state index < -0.39 is 40.6 Å². The molecule has 1 unspecified atom stereocenters. The van der Waals surface area contributed by atoms with Gasteiger partial charge in [-0.3, -0.25) is 10.0 Å². The number of nitrogens with one attached hydrogen (secondary N) is 2. The van der Waals surface area contributed by atoms with Gasteiger partial charge in [-0.2, -0.15) is 23.1 Å². The van der Waals surface area contributed by atoms with Crippen molar-refractivity contribution in [3.8, 4) is 17.5 Å². The molecule has 152 valence electrons. The number of amides is 2. The van der Waals surface area contributed by atoms with Gasteiger partial charge in [-0.05, 0) is 12.1 Å². The molecule has 2 N–H and O–H groups in total. The molecule has 2 rings (SSSR count). The summed E-state index contributed by atoms with van der Waals surface area (Å²) >= 11 is 0. The summed E-state index contributed by atoms with van der Waals surface area (Å²) in [5.74, 6) is -0.426. The molecule has 0 aliphatic rings. The molecule has 14 heteroatoms. The molecule has 2 amide bonds. The summed E-state index contributed by atoms with van der Waals surface area (Å²) in [5, 5.41) is 1.80. The van der Waals surface area contributed by atoms with Crippen molar-refractivity contribution in [1.29, 1.82) is 0 Å². The molecule has 2 heterocycles. The highest BCUT2D eigenvalue weighted by atomic mass is 32.2. The van der Waals surface area contributed by atoms with Crippen molar-refractivity contribution in [3.05, 3.63) is 24.4 Å². The van der Waals surface area contributed by atoms with Crippen LogP contribution in [0.5, 0.6) is 17.5 Å². The minimum absolute atomic E-state index is 0.0934. The smallest absolute Gasteiger partial charge is 0.422 e. The van der Waals surface area contributed by atoms with Crippen LogP contribution < -0.4 is 24.2 Å². The number of carbonyl (C=O) groups is 1. The van der Waals surface area contributed by atoms with Crippen molar-refractivity contribution >= 4 is 23.0 Å². The van der Waals surface area contributed by atoms with Crippen LogP contribution in [0.25, 0.3) is 0 Å². The lowest BCUT2D eigenvalue weighted by Crippen LogP contribution is -2.32. The number of methoxy groups -OCH3 is 2. The Balaban J connectivity index is 2.08. The quantitative estimate of drug-likeness (QED) is 0.692. The molecule has 0 saturated heterocycles. The number of urea groups is 1. The van der Waals surface area contributed by atoms with Crippen molar-refractivity contribution in [2.75, 3.05) is 26.1 Å². The molecular formula is C14H14F3N5O5S. The van der Waals surface area contributed by atoms with E-state index >= 15 is 0 Å². The number of alkyl halides is 3. The van der Waals surface area contributed by atoms with Gasteiger partial charge in [0, 0.05) is 6.20 Å². The normalized spacial score (nSPS) is 12.0. The Hall–Kier alpha value is -3.16. The van der Waals surface area contributed by atoms with Crippen molar-refractivity contribution < 1.29 is 36.4 Å². The predicted molar refractivity (Wildman–Crippen MR) is 89.5 cm³/mol. The summed E-state index contributed by atoms with van der Waals surface area (Å²) in [6.07, 6.45) is -3.41. The van der Waals surface area contributed by atoms with Crippen molar-refractivity contribution in [3.63, 3.8) is 0 Å². The van der Waals surface area contributed by atoms with Gasteiger partial charge < -0.3 is 14.2 Å². The fourth-order valence-electron chi connectivity index (χ4n) is 1.71. The number of hydrogen-bond donors (Lipinski definition) is 2. The second-order valence-electron chi connectivity index (χ2n) is 4.81. The molecule has 0 bridgehead atoms. The fraction of sp³-hybridized carbons (Fsp3) is 0.286. The summed E-state index contributed by atoms with van der Waals surface area (Å²) in [4.78, 5) is 23.4. The Morgan fingerprint density at radius 2 is 1.86 bits per heavy atom. The van der Waals surface area contributed by atoms with Gasteiger partial charge in [0.05, 0.1) is 20.3 Å². The molecule has 1 atom stereocenters. The summed E-state index contributed by atoms with van der Waals surface area (Å²) in [5.41, 5.74) is 0. The number of halogens is 3. The maximum absolute atomic E-state index is 12.3. The lowest BCUT2D eigenvalue weighted by Gasteiger charge is -2.12. The van der Waals surface area contributed by atoms with Crippen LogP contribution >= 0.6 is 0 Å². The van der Waals surface area contributed by atoms with E-state index in [4.69, 9.17) is 9.47 Å². The second kappa shape index (κ2) is 9.16. The molecule has 0 aliphatic heterocycles. The van der Waals surface area contributed by atoms with Gasteiger partial charge in [0.2, 0.25) is 17.7 Å². The molecule has 10 nitrogen and oxygen atoms in total. The van der Waals surface area contributed by atoms with Crippen LogP contribution in [0.4, 0.5) is 23.9 Å². The van der Waals surface area contributed by atoms with E-state index in [0.29, 0.717) is 0 Å². The van der Waals surface area contributed by atoms with Gasteiger partial charge in [0.15, 0.2) is 28.4 Å². The van der Waals surface area contributed by atoms with Gasteiger partial charge in [-0.25, -0.2) is 14.0 Å². The van der Waals surface area contributed by atoms with Gasteiger partial charge in [-0.1, -0.05) is 0 Å². The molecule has 2 aromatic heterocycles. The van der Waals surface area contributed by atoms with E-state index in [1.54, 1.807) is 0 Å². The molecular weight excluding hydrogens is 407 g/mol. The van der Waals surface area contributed by atoms with E-state index in [1.807, 2.05) is 4.72 Å². The van der Waals surface area contributed by atoms with Crippen LogP contribution in [-0.2, 0) is 11.0 Å². The first kappa shape index (κ1) is 21.1. The Morgan fingerprint density at radius 3 is 2.43 bits per heavy atom. The summed E-state index contributed by atoms with van der Waals surface area (Å²) in [6.45, 7) is -1.60. The Kier molecular flexibility index (Phi) is 6.92. The van der Waals surface area contributed by atoms with Gasteiger partial charge in [0.25, 0.3) is 0 Å². The number of nitrogens with zero attached hydrogens (tertiary/aromatic N) is 3. The van der Waals surface area contributed by atoms with Crippen LogP contribution in [0.1, 0.15) is 0 Å². The maximum Gasteiger partial charge on any atom is 0.422 e. The number of carbonyl (C=O) groups excluding carboxylic acids is 1. The predicted octanol–water partition coefficient (Wildman–Crippen LogP) is 1.67. The minimum atomic E-state index is -4.60. The van der Waals surface area contributed by atoms with Crippen LogP contribution in [0.15, 0.2) is 29.4 Å². The van der Waals surface area contributed by atoms with Crippen molar-refractivity contribution in [2.45, 2.75) is 11.2 Å². The third-order valence-electron chi connectivity index (χ3n) is 2.81. The molecule has 0 aliphatic carbocycles. The number of anilines is 1. The number of rotatable bonds is 7. The maximum atomic E-state index is 12.3. The highest BCUT2D eigenvalue weighted by Crippen LogP contribution is 2.22. The minimum Gasteiger partial charge on any atom is -0.481 e. The summed E-state index contributed by atoms with van der Waals surface area (Å²) < 4.78 is 65.6. The zero-order valence-corrected chi connectivity index (χ0v) is 15.3. The first-order chi connectivity index (χ1) is 13.2. The van der Waals surface area contributed by atoms with Gasteiger partial charge in [0.1, 0.15) is 0 Å². The molecule has 28 heavy (non-hydrogen) atoms. The standard InChI is InChI=1S/C14H14F3N5O5S/c1-25-9-6-10(26-2)20-12(19-9)21-13(23)22-28(24)11-8(4-3-5-18-11)27-7-14(15,16)17/h3-6H,7H2,1-2H3,(H2,19,20,21,22,23). The first-order valence-electron chi connectivity index (χ1n) is 7.33. The molecule has 0 saturated carbocycles.